The molecule has 9 heteroatoms. The molecule has 1 aromatic carbocycles. The van der Waals surface area contributed by atoms with Crippen LogP contribution in [0.4, 0.5) is 0 Å². The molecule has 1 aromatic heterocycles. The number of carbonyl (C=O) groups is 2. The lowest BCUT2D eigenvalue weighted by Gasteiger charge is -2.18. The highest BCUT2D eigenvalue weighted by Crippen LogP contribution is 2.16. The summed E-state index contributed by atoms with van der Waals surface area (Å²) in [4.78, 5) is 24.2. The van der Waals surface area contributed by atoms with Crippen molar-refractivity contribution < 1.29 is 18.0 Å². The van der Waals surface area contributed by atoms with Gasteiger partial charge in [-0.15, -0.1) is 11.3 Å². The first-order chi connectivity index (χ1) is 12.9. The average Bonchev–Trinajstić information content (AvgIpc) is 3.20. The van der Waals surface area contributed by atoms with Crippen LogP contribution in [0.2, 0.25) is 0 Å². The lowest BCUT2D eigenvalue weighted by molar-refractivity contribution is -0.117. The van der Waals surface area contributed by atoms with Crippen molar-refractivity contribution in [2.75, 3.05) is 13.1 Å². The van der Waals surface area contributed by atoms with Gasteiger partial charge in [0.25, 0.3) is 11.8 Å². The zero-order chi connectivity index (χ0) is 19.9. The second-order valence-electron chi connectivity index (χ2n) is 5.41. The Balaban J connectivity index is 1.95. The number of hydrazine groups is 1. The highest BCUT2D eigenvalue weighted by Gasteiger charge is 2.20. The van der Waals surface area contributed by atoms with Crippen LogP contribution < -0.4 is 10.9 Å². The Morgan fingerprint density at radius 2 is 1.74 bits per heavy atom. The molecule has 7 nitrogen and oxygen atoms in total. The van der Waals surface area contributed by atoms with E-state index in [4.69, 9.17) is 0 Å². The number of hydrogen-bond donors (Lipinski definition) is 2. The van der Waals surface area contributed by atoms with Crippen LogP contribution in [0.3, 0.4) is 0 Å². The second-order valence-corrected chi connectivity index (χ2v) is 8.30. The monoisotopic (exact) mass is 407 g/mol. The molecule has 27 heavy (non-hydrogen) atoms. The molecule has 2 amide bonds. The maximum atomic E-state index is 12.4. The molecule has 0 radical (unpaired) electrons. The lowest BCUT2D eigenvalue weighted by atomic mass is 10.2. The summed E-state index contributed by atoms with van der Waals surface area (Å²) in [7, 11) is -3.51. The van der Waals surface area contributed by atoms with Gasteiger partial charge in [-0.05, 0) is 35.2 Å². The number of nitrogens with zero attached hydrogens (tertiary/aromatic N) is 1. The van der Waals surface area contributed by atoms with Gasteiger partial charge in [0.2, 0.25) is 10.0 Å². The Bertz CT molecular complexity index is 901. The Labute approximate surface area is 162 Å². The highest BCUT2D eigenvalue weighted by atomic mass is 32.2. The molecule has 0 atom stereocenters. The lowest BCUT2D eigenvalue weighted by Crippen LogP contribution is -2.40. The van der Waals surface area contributed by atoms with Gasteiger partial charge in [0, 0.05) is 19.2 Å². The van der Waals surface area contributed by atoms with Gasteiger partial charge in [-0.2, -0.15) is 4.31 Å². The number of sulfonamides is 1. The maximum absolute atomic E-state index is 12.4. The molecule has 0 fully saturated rings. The number of amides is 2. The molecular weight excluding hydrogens is 386 g/mol. The molecule has 0 bridgehead atoms. The summed E-state index contributed by atoms with van der Waals surface area (Å²) in [5.74, 6) is -0.891. The predicted molar refractivity (Wildman–Crippen MR) is 106 cm³/mol. The van der Waals surface area contributed by atoms with Crippen molar-refractivity contribution in [2.45, 2.75) is 18.7 Å². The Morgan fingerprint density at radius 1 is 1.07 bits per heavy atom. The Morgan fingerprint density at radius 3 is 2.30 bits per heavy atom. The third kappa shape index (κ3) is 5.49. The van der Waals surface area contributed by atoms with Crippen LogP contribution in [0.25, 0.3) is 6.08 Å². The first kappa shape index (κ1) is 20.8. The summed E-state index contributed by atoms with van der Waals surface area (Å²) in [6.07, 6.45) is 2.78. The van der Waals surface area contributed by atoms with E-state index in [0.29, 0.717) is 23.5 Å². The molecule has 0 saturated heterocycles. The van der Waals surface area contributed by atoms with Crippen molar-refractivity contribution in [3.8, 4) is 0 Å². The van der Waals surface area contributed by atoms with Gasteiger partial charge in [-0.25, -0.2) is 8.42 Å². The van der Waals surface area contributed by atoms with Crippen molar-refractivity contribution in [2.24, 2.45) is 0 Å². The zero-order valence-electron chi connectivity index (χ0n) is 15.0. The van der Waals surface area contributed by atoms with E-state index in [0.717, 1.165) is 0 Å². The minimum absolute atomic E-state index is 0.205. The molecule has 2 rings (SSSR count). The second kappa shape index (κ2) is 9.45. The molecular formula is C18H21N3O4S2. The van der Waals surface area contributed by atoms with Crippen molar-refractivity contribution in [1.82, 2.24) is 15.2 Å². The zero-order valence-corrected chi connectivity index (χ0v) is 16.6. The van der Waals surface area contributed by atoms with E-state index in [-0.39, 0.29) is 4.90 Å². The van der Waals surface area contributed by atoms with Crippen molar-refractivity contribution >= 4 is 39.3 Å². The van der Waals surface area contributed by atoms with Gasteiger partial charge in [0.1, 0.15) is 0 Å². The van der Waals surface area contributed by atoms with Crippen molar-refractivity contribution in [3.05, 3.63) is 58.3 Å². The van der Waals surface area contributed by atoms with Crippen LogP contribution in [-0.2, 0) is 14.8 Å². The van der Waals surface area contributed by atoms with Crippen LogP contribution in [0.15, 0.2) is 52.7 Å². The van der Waals surface area contributed by atoms with Crippen LogP contribution in [0, 0.1) is 0 Å². The van der Waals surface area contributed by atoms with E-state index in [1.165, 1.54) is 39.9 Å². The number of benzene rings is 1. The molecule has 0 spiro atoms. The first-order valence-corrected chi connectivity index (χ1v) is 10.6. The molecule has 2 N–H and O–H groups in total. The van der Waals surface area contributed by atoms with E-state index in [2.05, 4.69) is 10.9 Å². The van der Waals surface area contributed by atoms with E-state index < -0.39 is 21.8 Å². The molecule has 0 aliphatic heterocycles. The number of nitrogens with one attached hydrogen (secondary N) is 2. The fourth-order valence-corrected chi connectivity index (χ4v) is 4.34. The molecule has 144 valence electrons. The van der Waals surface area contributed by atoms with E-state index in [1.807, 2.05) is 0 Å². The molecule has 0 aliphatic carbocycles. The van der Waals surface area contributed by atoms with Gasteiger partial charge >= 0.3 is 0 Å². The summed E-state index contributed by atoms with van der Waals surface area (Å²) in [6.45, 7) is 4.37. The summed E-state index contributed by atoms with van der Waals surface area (Å²) in [5, 5.41) is 1.76. The normalized spacial score (nSPS) is 11.7. The molecule has 1 heterocycles. The van der Waals surface area contributed by atoms with Gasteiger partial charge in [-0.3, -0.25) is 20.4 Å². The molecule has 0 saturated carbocycles. The van der Waals surface area contributed by atoms with Crippen LogP contribution >= 0.6 is 11.3 Å². The molecule has 2 aromatic rings. The minimum atomic E-state index is -3.51. The van der Waals surface area contributed by atoms with Crippen molar-refractivity contribution in [3.63, 3.8) is 0 Å². The summed E-state index contributed by atoms with van der Waals surface area (Å²) < 4.78 is 26.2. The quantitative estimate of drug-likeness (QED) is 0.544. The number of rotatable bonds is 7. The number of carbonyl (C=O) groups excluding carboxylic acids is 2. The molecule has 0 aliphatic rings. The highest BCUT2D eigenvalue weighted by molar-refractivity contribution is 7.89. The van der Waals surface area contributed by atoms with Gasteiger partial charge < -0.3 is 0 Å². The average molecular weight is 408 g/mol. The summed E-state index contributed by atoms with van der Waals surface area (Å²) in [5.41, 5.74) is 5.26. The SMILES string of the molecule is CCN(CC)S(=O)(=O)c1ccc(/C=C/C(=O)NNC(=O)c2cccs2)cc1. The summed E-state index contributed by atoms with van der Waals surface area (Å²) in [6, 6.07) is 9.63. The summed E-state index contributed by atoms with van der Waals surface area (Å²) >= 11 is 1.27. The van der Waals surface area contributed by atoms with Crippen LogP contribution in [-0.4, -0.2) is 37.6 Å². The third-order valence-electron chi connectivity index (χ3n) is 3.69. The molecule has 0 unspecified atom stereocenters. The first-order valence-electron chi connectivity index (χ1n) is 8.30. The third-order valence-corrected chi connectivity index (χ3v) is 6.63. The van der Waals surface area contributed by atoms with Gasteiger partial charge in [0.15, 0.2) is 0 Å². The fraction of sp³-hybridized carbons (Fsp3) is 0.222. The van der Waals surface area contributed by atoms with Crippen molar-refractivity contribution in [1.29, 1.82) is 0 Å². The van der Waals surface area contributed by atoms with E-state index in [1.54, 1.807) is 43.5 Å². The number of hydrogen-bond acceptors (Lipinski definition) is 5. The van der Waals surface area contributed by atoms with Crippen LogP contribution in [0.5, 0.6) is 0 Å². The predicted octanol–water partition coefficient (Wildman–Crippen LogP) is 2.25. The van der Waals surface area contributed by atoms with Crippen LogP contribution in [0.1, 0.15) is 29.1 Å². The van der Waals surface area contributed by atoms with Gasteiger partial charge in [-0.1, -0.05) is 32.0 Å². The minimum Gasteiger partial charge on any atom is -0.268 e. The number of thiophene rings is 1. The van der Waals surface area contributed by atoms with E-state index in [9.17, 15) is 18.0 Å². The standard InChI is InChI=1S/C18H21N3O4S2/c1-3-21(4-2)27(24,25)15-10-7-14(8-11-15)9-12-17(22)19-20-18(23)16-6-5-13-26-16/h5-13H,3-4H2,1-2H3,(H,19,22)(H,20,23)/b12-9+. The topological polar surface area (TPSA) is 95.6 Å². The Hall–Kier alpha value is -2.49. The fourth-order valence-electron chi connectivity index (χ4n) is 2.26. The van der Waals surface area contributed by atoms with Gasteiger partial charge in [0.05, 0.1) is 9.77 Å². The smallest absolute Gasteiger partial charge is 0.268 e. The van der Waals surface area contributed by atoms with E-state index >= 15 is 0 Å². The Kier molecular flexibility index (Phi) is 7.28. The largest absolute Gasteiger partial charge is 0.279 e. The maximum Gasteiger partial charge on any atom is 0.279 e.